The topological polar surface area (TPSA) is 55.6 Å². The average Bonchev–Trinajstić information content (AvgIpc) is 2.84. The number of hydrogen-bond donors (Lipinski definition) is 1. The second-order valence-electron chi connectivity index (χ2n) is 4.69. The standard InChI is InChI=1S/C13H16ClF2N5/c1-3-4-17-12(7-13-18-20-21(2)19-13)8-5-11(16)9(14)6-10(8)15/h5-6,12,17H,3-4,7H2,1-2H3. The van der Waals surface area contributed by atoms with E-state index >= 15 is 0 Å². The fourth-order valence-corrected chi connectivity index (χ4v) is 2.15. The van der Waals surface area contributed by atoms with Crippen LogP contribution >= 0.6 is 11.6 Å². The quantitative estimate of drug-likeness (QED) is 0.832. The summed E-state index contributed by atoms with van der Waals surface area (Å²) in [5.41, 5.74) is 0.206. The lowest BCUT2D eigenvalue weighted by atomic mass is 10.0. The highest BCUT2D eigenvalue weighted by Gasteiger charge is 2.20. The molecule has 5 nitrogen and oxygen atoms in total. The normalized spacial score (nSPS) is 12.6. The van der Waals surface area contributed by atoms with Crippen molar-refractivity contribution < 1.29 is 8.78 Å². The molecule has 114 valence electrons. The Balaban J connectivity index is 2.28. The molecule has 21 heavy (non-hydrogen) atoms. The van der Waals surface area contributed by atoms with E-state index < -0.39 is 17.7 Å². The van der Waals surface area contributed by atoms with Crippen LogP contribution in [0, 0.1) is 11.6 Å². The summed E-state index contributed by atoms with van der Waals surface area (Å²) in [7, 11) is 1.65. The van der Waals surface area contributed by atoms with Crippen LogP contribution in [0.4, 0.5) is 8.78 Å². The molecule has 1 aromatic carbocycles. The van der Waals surface area contributed by atoms with Crippen molar-refractivity contribution in [3.05, 3.63) is 40.2 Å². The van der Waals surface area contributed by atoms with Crippen molar-refractivity contribution in [1.82, 2.24) is 25.5 Å². The first kappa shape index (κ1) is 15.8. The van der Waals surface area contributed by atoms with Crippen LogP contribution in [0.15, 0.2) is 12.1 Å². The lowest BCUT2D eigenvalue weighted by Gasteiger charge is -2.18. The van der Waals surface area contributed by atoms with E-state index in [4.69, 9.17) is 11.6 Å². The highest BCUT2D eigenvalue weighted by Crippen LogP contribution is 2.25. The fraction of sp³-hybridized carbons (Fsp3) is 0.462. The number of aromatic nitrogens is 4. The Morgan fingerprint density at radius 1 is 1.33 bits per heavy atom. The molecule has 0 fully saturated rings. The number of benzene rings is 1. The van der Waals surface area contributed by atoms with E-state index in [2.05, 4.69) is 20.7 Å². The third kappa shape index (κ3) is 3.95. The van der Waals surface area contributed by atoms with E-state index in [1.165, 1.54) is 4.80 Å². The molecule has 0 radical (unpaired) electrons. The van der Waals surface area contributed by atoms with Crippen molar-refractivity contribution in [2.24, 2.45) is 7.05 Å². The number of nitrogens with zero attached hydrogens (tertiary/aromatic N) is 4. The van der Waals surface area contributed by atoms with Crippen LogP contribution in [0.3, 0.4) is 0 Å². The number of nitrogens with one attached hydrogen (secondary N) is 1. The number of hydrogen-bond acceptors (Lipinski definition) is 4. The van der Waals surface area contributed by atoms with Crippen molar-refractivity contribution in [1.29, 1.82) is 0 Å². The minimum atomic E-state index is -0.650. The highest BCUT2D eigenvalue weighted by atomic mass is 35.5. The van der Waals surface area contributed by atoms with Crippen LogP contribution in [0.2, 0.25) is 5.02 Å². The molecule has 0 aliphatic carbocycles. The second-order valence-corrected chi connectivity index (χ2v) is 5.10. The Bertz CT molecular complexity index is 617. The third-order valence-corrected chi connectivity index (χ3v) is 3.28. The van der Waals surface area contributed by atoms with E-state index in [0.717, 1.165) is 18.6 Å². The summed E-state index contributed by atoms with van der Waals surface area (Å²) in [5, 5.41) is 14.6. The van der Waals surface area contributed by atoms with Gasteiger partial charge in [-0.05, 0) is 30.3 Å². The van der Waals surface area contributed by atoms with Crippen LogP contribution in [0.1, 0.15) is 30.8 Å². The summed E-state index contributed by atoms with van der Waals surface area (Å²) in [6.07, 6.45) is 1.17. The zero-order valence-electron chi connectivity index (χ0n) is 11.8. The zero-order chi connectivity index (χ0) is 15.4. The number of aryl methyl sites for hydroxylation is 1. The molecule has 1 heterocycles. The number of rotatable bonds is 6. The van der Waals surface area contributed by atoms with Crippen LogP contribution in [-0.2, 0) is 13.5 Å². The first-order valence-corrected chi connectivity index (χ1v) is 6.99. The molecule has 0 saturated carbocycles. The van der Waals surface area contributed by atoms with Gasteiger partial charge in [0.25, 0.3) is 0 Å². The minimum absolute atomic E-state index is 0.206. The van der Waals surface area contributed by atoms with Gasteiger partial charge in [-0.3, -0.25) is 0 Å². The SMILES string of the molecule is CCCNC(Cc1nnn(C)n1)c1cc(F)c(Cl)cc1F. The van der Waals surface area contributed by atoms with Crippen molar-refractivity contribution in [2.45, 2.75) is 25.8 Å². The third-order valence-electron chi connectivity index (χ3n) is 2.99. The van der Waals surface area contributed by atoms with E-state index in [-0.39, 0.29) is 10.6 Å². The maximum atomic E-state index is 14.1. The molecule has 1 unspecified atom stereocenters. The molecular formula is C13H16ClF2N5. The van der Waals surface area contributed by atoms with Gasteiger partial charge in [-0.25, -0.2) is 8.78 Å². The molecule has 2 aromatic rings. The van der Waals surface area contributed by atoms with Gasteiger partial charge in [-0.15, -0.1) is 10.2 Å². The van der Waals surface area contributed by atoms with Crippen LogP contribution < -0.4 is 5.32 Å². The molecule has 0 amide bonds. The summed E-state index contributed by atoms with van der Waals surface area (Å²) in [6.45, 7) is 2.65. The molecule has 0 aliphatic heterocycles. The highest BCUT2D eigenvalue weighted by molar-refractivity contribution is 6.30. The smallest absolute Gasteiger partial charge is 0.176 e. The van der Waals surface area contributed by atoms with Gasteiger partial charge in [0.2, 0.25) is 0 Å². The summed E-state index contributed by atoms with van der Waals surface area (Å²) >= 11 is 5.59. The Hall–Kier alpha value is -1.60. The first-order valence-electron chi connectivity index (χ1n) is 6.62. The maximum Gasteiger partial charge on any atom is 0.176 e. The molecular weight excluding hydrogens is 300 g/mol. The largest absolute Gasteiger partial charge is 0.309 e. The molecule has 1 atom stereocenters. The summed E-state index contributed by atoms with van der Waals surface area (Å²) in [6, 6.07) is 1.65. The molecule has 8 heteroatoms. The van der Waals surface area contributed by atoms with E-state index in [1.54, 1.807) is 7.05 Å². The Morgan fingerprint density at radius 2 is 2.10 bits per heavy atom. The van der Waals surface area contributed by atoms with E-state index in [1.807, 2.05) is 6.92 Å². The van der Waals surface area contributed by atoms with Crippen molar-refractivity contribution >= 4 is 11.6 Å². The number of halogens is 3. The van der Waals surface area contributed by atoms with Crippen molar-refractivity contribution in [3.8, 4) is 0 Å². The molecule has 1 N–H and O–H groups in total. The molecule has 0 spiro atoms. The maximum absolute atomic E-state index is 14.1. The Kier molecular flexibility index (Phi) is 5.19. The fourth-order valence-electron chi connectivity index (χ4n) is 2.00. The van der Waals surface area contributed by atoms with Crippen LogP contribution in [-0.4, -0.2) is 26.8 Å². The van der Waals surface area contributed by atoms with Gasteiger partial charge in [-0.1, -0.05) is 18.5 Å². The minimum Gasteiger partial charge on any atom is -0.309 e. The van der Waals surface area contributed by atoms with Gasteiger partial charge in [0.05, 0.1) is 12.1 Å². The van der Waals surface area contributed by atoms with Crippen molar-refractivity contribution in [2.75, 3.05) is 6.54 Å². The average molecular weight is 316 g/mol. The summed E-state index contributed by atoms with van der Waals surface area (Å²) in [4.78, 5) is 1.32. The van der Waals surface area contributed by atoms with E-state index in [9.17, 15) is 8.78 Å². The van der Waals surface area contributed by atoms with Gasteiger partial charge in [0.1, 0.15) is 11.6 Å². The predicted molar refractivity (Wildman–Crippen MR) is 74.9 cm³/mol. The monoisotopic (exact) mass is 315 g/mol. The zero-order valence-corrected chi connectivity index (χ0v) is 12.5. The molecule has 1 aromatic heterocycles. The van der Waals surface area contributed by atoms with Gasteiger partial charge in [0, 0.05) is 18.0 Å². The van der Waals surface area contributed by atoms with Crippen molar-refractivity contribution in [3.63, 3.8) is 0 Å². The molecule has 2 rings (SSSR count). The lowest BCUT2D eigenvalue weighted by molar-refractivity contribution is 0.482. The molecule has 0 bridgehead atoms. The number of tetrazole rings is 1. The summed E-state index contributed by atoms with van der Waals surface area (Å²) < 4.78 is 27.7. The van der Waals surface area contributed by atoms with Crippen LogP contribution in [0.5, 0.6) is 0 Å². The predicted octanol–water partition coefficient (Wildman–Crippen LogP) is 2.43. The Morgan fingerprint density at radius 3 is 2.71 bits per heavy atom. The molecule has 0 aliphatic rings. The lowest BCUT2D eigenvalue weighted by Crippen LogP contribution is -2.25. The van der Waals surface area contributed by atoms with Gasteiger partial charge >= 0.3 is 0 Å². The van der Waals surface area contributed by atoms with Gasteiger partial charge in [-0.2, -0.15) is 4.80 Å². The first-order chi connectivity index (χ1) is 10.0. The van der Waals surface area contributed by atoms with Crippen LogP contribution in [0.25, 0.3) is 0 Å². The van der Waals surface area contributed by atoms with Gasteiger partial charge < -0.3 is 5.32 Å². The second kappa shape index (κ2) is 6.91. The molecule has 0 saturated heterocycles. The Labute approximate surface area is 126 Å². The summed E-state index contributed by atoms with van der Waals surface area (Å²) in [5.74, 6) is -0.747. The van der Waals surface area contributed by atoms with Gasteiger partial charge in [0.15, 0.2) is 5.82 Å². The van der Waals surface area contributed by atoms with E-state index in [0.29, 0.717) is 18.8 Å².